The van der Waals surface area contributed by atoms with Crippen LogP contribution in [0.3, 0.4) is 0 Å². The Kier molecular flexibility index (Phi) is 4.17. The molecule has 6 heteroatoms. The summed E-state index contributed by atoms with van der Waals surface area (Å²) in [4.78, 5) is 0. The van der Waals surface area contributed by atoms with Crippen LogP contribution in [-0.4, -0.2) is 14.9 Å². The van der Waals surface area contributed by atoms with Crippen molar-refractivity contribution in [3.63, 3.8) is 0 Å². The zero-order chi connectivity index (χ0) is 14.0. The highest BCUT2D eigenvalue weighted by Gasteiger charge is 2.19. The second-order valence-corrected chi connectivity index (χ2v) is 4.56. The summed E-state index contributed by atoms with van der Waals surface area (Å²) in [7, 11) is 0. The van der Waals surface area contributed by atoms with E-state index >= 15 is 0 Å². The van der Waals surface area contributed by atoms with Gasteiger partial charge in [0.05, 0.1) is 16.9 Å². The first-order valence-corrected chi connectivity index (χ1v) is 6.24. The first-order chi connectivity index (χ1) is 9.02. The molecule has 0 saturated carbocycles. The Morgan fingerprint density at radius 1 is 1.42 bits per heavy atom. The molecule has 19 heavy (non-hydrogen) atoms. The van der Waals surface area contributed by atoms with Crippen LogP contribution in [0.2, 0.25) is 5.02 Å². The van der Waals surface area contributed by atoms with Crippen LogP contribution in [0.25, 0.3) is 0 Å². The summed E-state index contributed by atoms with van der Waals surface area (Å²) in [5, 5.41) is 14.5. The lowest BCUT2D eigenvalue weighted by Crippen LogP contribution is -2.11. The van der Waals surface area contributed by atoms with Gasteiger partial charge < -0.3 is 5.11 Å². The zero-order valence-corrected chi connectivity index (χ0v) is 11.0. The third-order valence-corrected chi connectivity index (χ3v) is 3.17. The van der Waals surface area contributed by atoms with Crippen molar-refractivity contribution in [3.8, 4) is 0 Å². The molecule has 102 valence electrons. The number of rotatable bonds is 4. The number of aliphatic hydroxyl groups is 1. The third-order valence-electron chi connectivity index (χ3n) is 2.88. The minimum atomic E-state index is -0.991. The molecule has 0 aliphatic carbocycles. The lowest BCUT2D eigenvalue weighted by Gasteiger charge is -2.13. The predicted molar refractivity (Wildman–Crippen MR) is 67.9 cm³/mol. The average molecular weight is 287 g/mol. The Hall–Kier alpha value is -1.46. The lowest BCUT2D eigenvalue weighted by molar-refractivity contribution is 0.166. The van der Waals surface area contributed by atoms with Gasteiger partial charge >= 0.3 is 0 Å². The van der Waals surface area contributed by atoms with E-state index in [0.717, 1.165) is 12.1 Å². The number of halogens is 3. The fourth-order valence-electron chi connectivity index (χ4n) is 1.95. The van der Waals surface area contributed by atoms with Crippen molar-refractivity contribution in [3.05, 3.63) is 52.3 Å². The molecule has 1 aromatic heterocycles. The van der Waals surface area contributed by atoms with Gasteiger partial charge in [-0.25, -0.2) is 8.78 Å². The molecule has 1 aromatic carbocycles. The molecule has 2 aromatic rings. The Labute approximate surface area is 114 Å². The zero-order valence-electron chi connectivity index (χ0n) is 10.3. The van der Waals surface area contributed by atoms with Gasteiger partial charge in [0, 0.05) is 19.0 Å². The van der Waals surface area contributed by atoms with Crippen LogP contribution in [0.1, 0.15) is 24.3 Å². The maximum atomic E-state index is 13.5. The minimum absolute atomic E-state index is 0.0114. The summed E-state index contributed by atoms with van der Waals surface area (Å²) in [5.41, 5.74) is 0.668. The van der Waals surface area contributed by atoms with E-state index in [4.69, 9.17) is 11.6 Å². The van der Waals surface area contributed by atoms with Crippen molar-refractivity contribution in [2.24, 2.45) is 0 Å². The molecule has 0 aliphatic rings. The van der Waals surface area contributed by atoms with E-state index in [1.165, 1.54) is 12.3 Å². The summed E-state index contributed by atoms with van der Waals surface area (Å²) >= 11 is 5.95. The number of aryl methyl sites for hydroxylation is 1. The Morgan fingerprint density at radius 2 is 2.16 bits per heavy atom. The monoisotopic (exact) mass is 286 g/mol. The van der Waals surface area contributed by atoms with E-state index in [9.17, 15) is 13.9 Å². The van der Waals surface area contributed by atoms with Crippen molar-refractivity contribution in [1.29, 1.82) is 0 Å². The fraction of sp³-hybridized carbons (Fsp3) is 0.308. The summed E-state index contributed by atoms with van der Waals surface area (Å²) in [5.74, 6) is -1.33. The fourth-order valence-corrected chi connectivity index (χ4v) is 2.21. The molecule has 0 spiro atoms. The van der Waals surface area contributed by atoms with E-state index < -0.39 is 17.7 Å². The standard InChI is InChI=1S/C13H13ClF2N2O/c1-2-18-13(10(14)7-17-18)12(19)5-8-3-4-9(15)6-11(8)16/h3-4,6-7,12,19H,2,5H2,1H3. The number of nitrogens with zero attached hydrogens (tertiary/aromatic N) is 2. The number of aliphatic hydroxyl groups excluding tert-OH is 1. The molecule has 0 saturated heterocycles. The first kappa shape index (κ1) is 14.0. The van der Waals surface area contributed by atoms with Crippen molar-refractivity contribution < 1.29 is 13.9 Å². The second-order valence-electron chi connectivity index (χ2n) is 4.15. The van der Waals surface area contributed by atoms with Gasteiger partial charge in [-0.1, -0.05) is 17.7 Å². The number of aromatic nitrogens is 2. The van der Waals surface area contributed by atoms with Crippen molar-refractivity contribution in [1.82, 2.24) is 9.78 Å². The highest BCUT2D eigenvalue weighted by Crippen LogP contribution is 2.26. The number of benzene rings is 1. The highest BCUT2D eigenvalue weighted by atomic mass is 35.5. The molecule has 0 aliphatic heterocycles. The van der Waals surface area contributed by atoms with E-state index in [1.54, 1.807) is 4.68 Å². The van der Waals surface area contributed by atoms with E-state index in [1.807, 2.05) is 6.92 Å². The lowest BCUT2D eigenvalue weighted by atomic mass is 10.0. The molecule has 1 heterocycles. The summed E-state index contributed by atoms with van der Waals surface area (Å²) in [6.45, 7) is 2.41. The molecule has 0 radical (unpaired) electrons. The van der Waals surface area contributed by atoms with E-state index in [0.29, 0.717) is 17.3 Å². The van der Waals surface area contributed by atoms with Gasteiger partial charge in [0.2, 0.25) is 0 Å². The molecule has 1 N–H and O–H groups in total. The normalized spacial score (nSPS) is 12.7. The minimum Gasteiger partial charge on any atom is -0.386 e. The average Bonchev–Trinajstić information content (AvgIpc) is 2.74. The van der Waals surface area contributed by atoms with Crippen LogP contribution in [0.5, 0.6) is 0 Å². The molecule has 3 nitrogen and oxygen atoms in total. The number of hydrogen-bond acceptors (Lipinski definition) is 2. The van der Waals surface area contributed by atoms with Crippen molar-refractivity contribution in [2.75, 3.05) is 0 Å². The Bertz CT molecular complexity index is 586. The third kappa shape index (κ3) is 2.93. The molecular weight excluding hydrogens is 274 g/mol. The molecule has 2 rings (SSSR count). The quantitative estimate of drug-likeness (QED) is 0.938. The SMILES string of the molecule is CCn1ncc(Cl)c1C(O)Cc1ccc(F)cc1F. The van der Waals surface area contributed by atoms with Crippen molar-refractivity contribution >= 4 is 11.6 Å². The van der Waals surface area contributed by atoms with E-state index in [-0.39, 0.29) is 12.0 Å². The smallest absolute Gasteiger partial charge is 0.129 e. The van der Waals surface area contributed by atoms with Crippen LogP contribution in [0.4, 0.5) is 8.78 Å². The molecule has 1 atom stereocenters. The van der Waals surface area contributed by atoms with Crippen LogP contribution < -0.4 is 0 Å². The van der Waals surface area contributed by atoms with Gasteiger partial charge in [0.25, 0.3) is 0 Å². The molecule has 1 unspecified atom stereocenters. The largest absolute Gasteiger partial charge is 0.386 e. The van der Waals surface area contributed by atoms with Crippen LogP contribution in [-0.2, 0) is 13.0 Å². The summed E-state index contributed by atoms with van der Waals surface area (Å²) < 4.78 is 27.9. The predicted octanol–water partition coefficient (Wildman–Crippen LogP) is 3.11. The van der Waals surface area contributed by atoms with Gasteiger partial charge in [0.15, 0.2) is 0 Å². The van der Waals surface area contributed by atoms with Crippen molar-refractivity contribution in [2.45, 2.75) is 26.0 Å². The van der Waals surface area contributed by atoms with Gasteiger partial charge in [-0.2, -0.15) is 5.10 Å². The Morgan fingerprint density at radius 3 is 2.79 bits per heavy atom. The topological polar surface area (TPSA) is 38.0 Å². The summed E-state index contributed by atoms with van der Waals surface area (Å²) in [6, 6.07) is 3.26. The first-order valence-electron chi connectivity index (χ1n) is 5.86. The van der Waals surface area contributed by atoms with Crippen LogP contribution >= 0.6 is 11.6 Å². The highest BCUT2D eigenvalue weighted by molar-refractivity contribution is 6.31. The van der Waals surface area contributed by atoms with E-state index in [2.05, 4.69) is 5.10 Å². The maximum Gasteiger partial charge on any atom is 0.129 e. The second kappa shape index (κ2) is 5.67. The van der Waals surface area contributed by atoms with Gasteiger partial charge in [-0.15, -0.1) is 0 Å². The molecule has 0 amide bonds. The van der Waals surface area contributed by atoms with Gasteiger partial charge in [-0.05, 0) is 18.6 Å². The summed E-state index contributed by atoms with van der Waals surface area (Å²) in [6.07, 6.45) is 0.456. The van der Waals surface area contributed by atoms with Gasteiger partial charge in [-0.3, -0.25) is 4.68 Å². The van der Waals surface area contributed by atoms with Crippen LogP contribution in [0.15, 0.2) is 24.4 Å². The molecule has 0 fully saturated rings. The number of hydrogen-bond donors (Lipinski definition) is 1. The van der Waals surface area contributed by atoms with Gasteiger partial charge in [0.1, 0.15) is 17.7 Å². The molecular formula is C13H13ClF2N2O. The Balaban J connectivity index is 2.25. The molecule has 0 bridgehead atoms. The maximum absolute atomic E-state index is 13.5. The van der Waals surface area contributed by atoms with Crippen LogP contribution in [0, 0.1) is 11.6 Å².